The number of primary amides is 1. The van der Waals surface area contributed by atoms with Crippen LogP contribution in [0.5, 0.6) is 0 Å². The Bertz CT molecular complexity index is 597. The molecule has 1 heterocycles. The molecular formula is C16H20F2N2O4. The van der Waals surface area contributed by atoms with Crippen molar-refractivity contribution in [2.75, 3.05) is 19.8 Å². The van der Waals surface area contributed by atoms with Crippen LogP contribution in [0, 0.1) is 11.6 Å². The third kappa shape index (κ3) is 5.54. The van der Waals surface area contributed by atoms with E-state index in [1.54, 1.807) is 0 Å². The Hall–Kier alpha value is -2.06. The van der Waals surface area contributed by atoms with E-state index in [0.717, 1.165) is 12.1 Å². The highest BCUT2D eigenvalue weighted by molar-refractivity contribution is 5.76. The van der Waals surface area contributed by atoms with E-state index in [-0.39, 0.29) is 44.1 Å². The van der Waals surface area contributed by atoms with Gasteiger partial charge in [0.25, 0.3) is 0 Å². The summed E-state index contributed by atoms with van der Waals surface area (Å²) in [5.41, 5.74) is 5.58. The maximum Gasteiger partial charge on any atom is 0.243 e. The normalized spacial score (nSPS) is 20.6. The second-order valence-corrected chi connectivity index (χ2v) is 5.60. The van der Waals surface area contributed by atoms with Gasteiger partial charge in [-0.1, -0.05) is 6.07 Å². The van der Waals surface area contributed by atoms with Crippen molar-refractivity contribution < 1.29 is 27.8 Å². The Morgan fingerprint density at radius 3 is 2.83 bits per heavy atom. The molecule has 8 heteroatoms. The van der Waals surface area contributed by atoms with Crippen molar-refractivity contribution >= 4 is 11.8 Å². The van der Waals surface area contributed by atoms with E-state index in [1.807, 2.05) is 0 Å². The number of benzene rings is 1. The molecule has 0 bridgehead atoms. The minimum atomic E-state index is -0.937. The van der Waals surface area contributed by atoms with Crippen LogP contribution in [-0.2, 0) is 25.5 Å². The van der Waals surface area contributed by atoms with Gasteiger partial charge in [0.2, 0.25) is 11.8 Å². The summed E-state index contributed by atoms with van der Waals surface area (Å²) in [7, 11) is 0. The maximum absolute atomic E-state index is 13.1. The first-order valence-corrected chi connectivity index (χ1v) is 7.66. The van der Waals surface area contributed by atoms with Crippen molar-refractivity contribution in [3.8, 4) is 0 Å². The van der Waals surface area contributed by atoms with E-state index in [2.05, 4.69) is 5.32 Å². The molecule has 0 spiro atoms. The van der Waals surface area contributed by atoms with Gasteiger partial charge in [0.15, 0.2) is 11.6 Å². The van der Waals surface area contributed by atoms with Gasteiger partial charge in [-0.15, -0.1) is 0 Å². The second kappa shape index (κ2) is 8.70. The monoisotopic (exact) mass is 342 g/mol. The average Bonchev–Trinajstić information content (AvgIpc) is 2.55. The van der Waals surface area contributed by atoms with Crippen LogP contribution in [0.4, 0.5) is 8.78 Å². The molecule has 132 valence electrons. The fourth-order valence-corrected chi connectivity index (χ4v) is 2.47. The zero-order chi connectivity index (χ0) is 17.5. The van der Waals surface area contributed by atoms with Gasteiger partial charge in [0.05, 0.1) is 18.8 Å². The molecular weight excluding hydrogens is 322 g/mol. The molecule has 1 saturated heterocycles. The molecule has 24 heavy (non-hydrogen) atoms. The molecule has 2 rings (SSSR count). The predicted octanol–water partition coefficient (Wildman–Crippen LogP) is 0.673. The van der Waals surface area contributed by atoms with E-state index in [9.17, 15) is 18.4 Å². The molecule has 1 aromatic rings. The number of amides is 2. The number of halogens is 2. The largest absolute Gasteiger partial charge is 0.379 e. The topological polar surface area (TPSA) is 90.7 Å². The standard InChI is InChI=1S/C16H20F2N2O4/c17-11-3-1-10(7-12(11)18)2-4-16(22)20-13-8-23-6-5-14(13)24-9-15(19)21/h1,3,7,13-14H,2,4-6,8-9H2,(H2,19,21)(H,20,22)/t13-,14+/m1/s1. The number of rotatable bonds is 7. The molecule has 2 amide bonds. The Morgan fingerprint density at radius 1 is 1.33 bits per heavy atom. The van der Waals surface area contributed by atoms with Crippen molar-refractivity contribution in [2.45, 2.75) is 31.4 Å². The Labute approximate surface area is 138 Å². The van der Waals surface area contributed by atoms with Crippen LogP contribution >= 0.6 is 0 Å². The summed E-state index contributed by atoms with van der Waals surface area (Å²) in [5, 5.41) is 2.78. The number of nitrogens with two attached hydrogens (primary N) is 1. The summed E-state index contributed by atoms with van der Waals surface area (Å²) in [6, 6.07) is 3.17. The highest BCUT2D eigenvalue weighted by Gasteiger charge is 2.28. The quantitative estimate of drug-likeness (QED) is 0.762. The SMILES string of the molecule is NC(=O)CO[C@H]1CCOC[C@H]1NC(=O)CCc1ccc(F)c(F)c1. The summed E-state index contributed by atoms with van der Waals surface area (Å²) < 4.78 is 36.7. The molecule has 0 radical (unpaired) electrons. The van der Waals surface area contributed by atoms with Crippen molar-refractivity contribution in [3.05, 3.63) is 35.4 Å². The van der Waals surface area contributed by atoms with Gasteiger partial charge < -0.3 is 20.5 Å². The lowest BCUT2D eigenvalue weighted by atomic mass is 10.1. The van der Waals surface area contributed by atoms with E-state index >= 15 is 0 Å². The van der Waals surface area contributed by atoms with Gasteiger partial charge in [-0.25, -0.2) is 8.78 Å². The summed E-state index contributed by atoms with van der Waals surface area (Å²) in [6.07, 6.45) is 0.591. The maximum atomic E-state index is 13.1. The zero-order valence-electron chi connectivity index (χ0n) is 13.1. The van der Waals surface area contributed by atoms with Gasteiger partial charge in [-0.2, -0.15) is 0 Å². The number of hydrogen-bond acceptors (Lipinski definition) is 4. The van der Waals surface area contributed by atoms with Crippen LogP contribution in [0.3, 0.4) is 0 Å². The van der Waals surface area contributed by atoms with Crippen LogP contribution in [0.1, 0.15) is 18.4 Å². The Kier molecular flexibility index (Phi) is 6.62. The molecule has 0 aliphatic carbocycles. The Morgan fingerprint density at radius 2 is 2.12 bits per heavy atom. The van der Waals surface area contributed by atoms with Crippen LogP contribution in [0.25, 0.3) is 0 Å². The highest BCUT2D eigenvalue weighted by Crippen LogP contribution is 2.13. The second-order valence-electron chi connectivity index (χ2n) is 5.60. The van der Waals surface area contributed by atoms with Gasteiger partial charge in [-0.3, -0.25) is 9.59 Å². The van der Waals surface area contributed by atoms with Crippen molar-refractivity contribution in [2.24, 2.45) is 5.73 Å². The third-order valence-corrected chi connectivity index (χ3v) is 3.70. The molecule has 0 aromatic heterocycles. The minimum absolute atomic E-state index is 0.115. The molecule has 0 unspecified atom stereocenters. The molecule has 0 saturated carbocycles. The fraction of sp³-hybridized carbons (Fsp3) is 0.500. The van der Waals surface area contributed by atoms with E-state index in [0.29, 0.717) is 18.6 Å². The lowest BCUT2D eigenvalue weighted by molar-refractivity contribution is -0.131. The zero-order valence-corrected chi connectivity index (χ0v) is 13.1. The van der Waals surface area contributed by atoms with Gasteiger partial charge >= 0.3 is 0 Å². The highest BCUT2D eigenvalue weighted by atomic mass is 19.2. The summed E-state index contributed by atoms with van der Waals surface area (Å²) in [6.45, 7) is 0.539. The fourth-order valence-electron chi connectivity index (χ4n) is 2.47. The molecule has 6 nitrogen and oxygen atoms in total. The first kappa shape index (κ1) is 18.3. The summed E-state index contributed by atoms with van der Waals surface area (Å²) in [5.74, 6) is -2.70. The predicted molar refractivity (Wildman–Crippen MR) is 81.0 cm³/mol. The van der Waals surface area contributed by atoms with E-state index in [4.69, 9.17) is 15.2 Å². The molecule has 1 aliphatic heterocycles. The molecule has 1 aromatic carbocycles. The smallest absolute Gasteiger partial charge is 0.243 e. The van der Waals surface area contributed by atoms with Crippen molar-refractivity contribution in [1.29, 1.82) is 0 Å². The number of carbonyl (C=O) groups excluding carboxylic acids is 2. The molecule has 3 N–H and O–H groups in total. The molecule has 2 atom stereocenters. The lowest BCUT2D eigenvalue weighted by Crippen LogP contribution is -2.51. The van der Waals surface area contributed by atoms with Crippen LogP contribution in [0.2, 0.25) is 0 Å². The number of hydrogen-bond donors (Lipinski definition) is 2. The van der Waals surface area contributed by atoms with Gasteiger partial charge in [0.1, 0.15) is 6.61 Å². The first-order valence-electron chi connectivity index (χ1n) is 7.66. The molecule has 1 aliphatic rings. The van der Waals surface area contributed by atoms with Crippen molar-refractivity contribution in [1.82, 2.24) is 5.32 Å². The number of carbonyl (C=O) groups is 2. The average molecular weight is 342 g/mol. The van der Waals surface area contributed by atoms with Crippen molar-refractivity contribution in [3.63, 3.8) is 0 Å². The van der Waals surface area contributed by atoms with E-state index < -0.39 is 17.5 Å². The van der Waals surface area contributed by atoms with Crippen LogP contribution in [0.15, 0.2) is 18.2 Å². The third-order valence-electron chi connectivity index (χ3n) is 3.70. The number of aryl methyl sites for hydroxylation is 1. The number of nitrogens with one attached hydrogen (secondary N) is 1. The Balaban J connectivity index is 1.82. The summed E-state index contributed by atoms with van der Waals surface area (Å²) >= 11 is 0. The van der Waals surface area contributed by atoms with Crippen LogP contribution < -0.4 is 11.1 Å². The van der Waals surface area contributed by atoms with Crippen LogP contribution in [-0.4, -0.2) is 43.8 Å². The molecule has 1 fully saturated rings. The summed E-state index contributed by atoms with van der Waals surface area (Å²) in [4.78, 5) is 22.8. The van der Waals surface area contributed by atoms with Gasteiger partial charge in [0, 0.05) is 13.0 Å². The minimum Gasteiger partial charge on any atom is -0.379 e. The van der Waals surface area contributed by atoms with Gasteiger partial charge in [-0.05, 0) is 30.5 Å². The first-order chi connectivity index (χ1) is 11.5. The number of ether oxygens (including phenoxy) is 2. The lowest BCUT2D eigenvalue weighted by Gasteiger charge is -2.31. The van der Waals surface area contributed by atoms with E-state index in [1.165, 1.54) is 6.07 Å².